The lowest BCUT2D eigenvalue weighted by Gasteiger charge is -2.28. The van der Waals surface area contributed by atoms with Crippen molar-refractivity contribution in [1.29, 1.82) is 0 Å². The Hall–Kier alpha value is -1.32. The second-order valence-corrected chi connectivity index (χ2v) is 7.04. The minimum absolute atomic E-state index is 0.0414. The SMILES string of the molecule is O=C(NCC1(c2cccs2)CCCC1)c1cccc(Cl)c1. The lowest BCUT2D eigenvalue weighted by Crippen LogP contribution is -2.38. The van der Waals surface area contributed by atoms with Crippen molar-refractivity contribution >= 4 is 28.8 Å². The summed E-state index contributed by atoms with van der Waals surface area (Å²) in [6.07, 6.45) is 4.79. The van der Waals surface area contributed by atoms with Crippen molar-refractivity contribution in [3.63, 3.8) is 0 Å². The fourth-order valence-electron chi connectivity index (χ4n) is 3.12. The topological polar surface area (TPSA) is 29.1 Å². The van der Waals surface area contributed by atoms with Gasteiger partial charge in [0.05, 0.1) is 0 Å². The van der Waals surface area contributed by atoms with Gasteiger partial charge in [0.25, 0.3) is 5.91 Å². The van der Waals surface area contributed by atoms with Crippen LogP contribution in [0.3, 0.4) is 0 Å². The van der Waals surface area contributed by atoms with E-state index in [1.54, 1.807) is 29.5 Å². The molecule has 1 aromatic carbocycles. The Balaban J connectivity index is 1.72. The predicted molar refractivity (Wildman–Crippen MR) is 88.3 cm³/mol. The number of amides is 1. The average Bonchev–Trinajstić information content (AvgIpc) is 3.16. The molecule has 4 heteroatoms. The maximum atomic E-state index is 12.3. The first kappa shape index (κ1) is 14.6. The van der Waals surface area contributed by atoms with E-state index in [2.05, 4.69) is 22.8 Å². The molecule has 21 heavy (non-hydrogen) atoms. The zero-order valence-electron chi connectivity index (χ0n) is 11.8. The highest BCUT2D eigenvalue weighted by atomic mass is 35.5. The van der Waals surface area contributed by atoms with Gasteiger partial charge >= 0.3 is 0 Å². The molecule has 0 aliphatic heterocycles. The van der Waals surface area contributed by atoms with Gasteiger partial charge in [-0.2, -0.15) is 0 Å². The monoisotopic (exact) mass is 319 g/mol. The lowest BCUT2D eigenvalue weighted by molar-refractivity contribution is 0.0943. The van der Waals surface area contributed by atoms with Gasteiger partial charge in [-0.3, -0.25) is 4.79 Å². The molecule has 1 saturated carbocycles. The summed E-state index contributed by atoms with van der Waals surface area (Å²) >= 11 is 7.74. The Bertz CT molecular complexity index is 617. The Morgan fingerprint density at radius 1 is 1.24 bits per heavy atom. The molecular weight excluding hydrogens is 302 g/mol. The molecule has 2 aromatic rings. The summed E-state index contributed by atoms with van der Waals surface area (Å²) in [7, 11) is 0. The van der Waals surface area contributed by atoms with Crippen molar-refractivity contribution in [2.75, 3.05) is 6.54 Å². The van der Waals surface area contributed by atoms with Crippen LogP contribution in [0, 0.1) is 0 Å². The number of thiophene rings is 1. The van der Waals surface area contributed by atoms with E-state index in [0.29, 0.717) is 17.1 Å². The van der Waals surface area contributed by atoms with Gasteiger partial charge < -0.3 is 5.32 Å². The Labute approximate surface area is 134 Å². The first-order valence-corrected chi connectivity index (χ1v) is 8.53. The molecule has 1 N–H and O–H groups in total. The fraction of sp³-hybridized carbons (Fsp3) is 0.353. The van der Waals surface area contributed by atoms with Gasteiger partial charge in [0.15, 0.2) is 0 Å². The Morgan fingerprint density at radius 2 is 2.05 bits per heavy atom. The van der Waals surface area contributed by atoms with Gasteiger partial charge in [-0.15, -0.1) is 11.3 Å². The molecule has 3 rings (SSSR count). The zero-order chi connectivity index (χ0) is 14.7. The molecule has 2 nitrogen and oxygen atoms in total. The van der Waals surface area contributed by atoms with Crippen LogP contribution in [-0.2, 0) is 5.41 Å². The summed E-state index contributed by atoms with van der Waals surface area (Å²) in [4.78, 5) is 13.7. The molecule has 1 fully saturated rings. The minimum atomic E-state index is -0.0414. The van der Waals surface area contributed by atoms with E-state index in [0.717, 1.165) is 12.8 Å². The van der Waals surface area contributed by atoms with Gasteiger partial charge in [0.1, 0.15) is 0 Å². The van der Waals surface area contributed by atoms with E-state index in [9.17, 15) is 4.79 Å². The van der Waals surface area contributed by atoms with Crippen LogP contribution < -0.4 is 5.32 Å². The van der Waals surface area contributed by atoms with Gasteiger partial charge in [-0.1, -0.05) is 36.6 Å². The van der Waals surface area contributed by atoms with Gasteiger partial charge in [-0.25, -0.2) is 0 Å². The summed E-state index contributed by atoms with van der Waals surface area (Å²) < 4.78 is 0. The standard InChI is InChI=1S/C17H18ClNOS/c18-14-6-3-5-13(11-14)16(20)19-12-17(8-1-2-9-17)15-7-4-10-21-15/h3-7,10-11H,1-2,8-9,12H2,(H,19,20). The molecule has 1 heterocycles. The van der Waals surface area contributed by atoms with Gasteiger partial charge in [0, 0.05) is 27.4 Å². The second kappa shape index (κ2) is 6.20. The Morgan fingerprint density at radius 3 is 2.71 bits per heavy atom. The summed E-state index contributed by atoms with van der Waals surface area (Å²) in [5, 5.41) is 5.82. The molecule has 0 unspecified atom stereocenters. The summed E-state index contributed by atoms with van der Waals surface area (Å²) in [5.74, 6) is -0.0414. The van der Waals surface area contributed by atoms with Crippen molar-refractivity contribution in [3.8, 4) is 0 Å². The molecule has 0 atom stereocenters. The molecule has 0 spiro atoms. The molecule has 1 amide bonds. The van der Waals surface area contributed by atoms with E-state index in [1.807, 2.05) is 6.07 Å². The van der Waals surface area contributed by atoms with Crippen LogP contribution in [0.25, 0.3) is 0 Å². The molecular formula is C17H18ClNOS. The maximum absolute atomic E-state index is 12.3. The van der Waals surface area contributed by atoms with Crippen LogP contribution in [0.5, 0.6) is 0 Å². The van der Waals surface area contributed by atoms with Crippen molar-refractivity contribution in [1.82, 2.24) is 5.32 Å². The number of benzene rings is 1. The number of nitrogens with one attached hydrogen (secondary N) is 1. The average molecular weight is 320 g/mol. The number of halogens is 1. The highest BCUT2D eigenvalue weighted by molar-refractivity contribution is 7.10. The zero-order valence-corrected chi connectivity index (χ0v) is 13.3. The molecule has 0 bridgehead atoms. The second-order valence-electron chi connectivity index (χ2n) is 5.66. The van der Waals surface area contributed by atoms with E-state index in [1.165, 1.54) is 17.7 Å². The molecule has 1 aliphatic carbocycles. The van der Waals surface area contributed by atoms with Crippen LogP contribution in [-0.4, -0.2) is 12.5 Å². The van der Waals surface area contributed by atoms with Crippen LogP contribution >= 0.6 is 22.9 Å². The molecule has 0 radical (unpaired) electrons. The number of hydrogen-bond donors (Lipinski definition) is 1. The number of rotatable bonds is 4. The van der Waals surface area contributed by atoms with E-state index < -0.39 is 0 Å². The summed E-state index contributed by atoms with van der Waals surface area (Å²) in [6.45, 7) is 0.707. The third kappa shape index (κ3) is 3.14. The number of carbonyl (C=O) groups excluding carboxylic acids is 1. The maximum Gasteiger partial charge on any atom is 0.251 e. The van der Waals surface area contributed by atoms with Gasteiger partial charge in [-0.05, 0) is 42.5 Å². The third-order valence-corrected chi connectivity index (χ3v) is 5.63. The minimum Gasteiger partial charge on any atom is -0.351 e. The van der Waals surface area contributed by atoms with Crippen molar-refractivity contribution in [2.45, 2.75) is 31.1 Å². The van der Waals surface area contributed by atoms with E-state index >= 15 is 0 Å². The van der Waals surface area contributed by atoms with Crippen LogP contribution in [0.2, 0.25) is 5.02 Å². The van der Waals surface area contributed by atoms with Crippen molar-refractivity contribution in [3.05, 3.63) is 57.2 Å². The highest BCUT2D eigenvalue weighted by Crippen LogP contribution is 2.42. The van der Waals surface area contributed by atoms with Crippen molar-refractivity contribution < 1.29 is 4.79 Å². The lowest BCUT2D eigenvalue weighted by atomic mass is 9.84. The van der Waals surface area contributed by atoms with Crippen LogP contribution in [0.15, 0.2) is 41.8 Å². The predicted octanol–water partition coefficient (Wildman–Crippen LogP) is 4.64. The van der Waals surface area contributed by atoms with Crippen LogP contribution in [0.4, 0.5) is 0 Å². The number of carbonyl (C=O) groups is 1. The molecule has 110 valence electrons. The Kier molecular flexibility index (Phi) is 4.32. The summed E-state index contributed by atoms with van der Waals surface area (Å²) in [6, 6.07) is 11.4. The van der Waals surface area contributed by atoms with Crippen LogP contribution in [0.1, 0.15) is 40.9 Å². The molecule has 1 aliphatic rings. The molecule has 1 aromatic heterocycles. The smallest absolute Gasteiger partial charge is 0.251 e. The van der Waals surface area contributed by atoms with E-state index in [4.69, 9.17) is 11.6 Å². The quantitative estimate of drug-likeness (QED) is 0.873. The normalized spacial score (nSPS) is 16.8. The summed E-state index contributed by atoms with van der Waals surface area (Å²) in [5.41, 5.74) is 0.754. The molecule has 0 saturated heterocycles. The third-order valence-electron chi connectivity index (χ3n) is 4.28. The first-order chi connectivity index (χ1) is 10.2. The first-order valence-electron chi connectivity index (χ1n) is 7.27. The number of hydrogen-bond acceptors (Lipinski definition) is 2. The van der Waals surface area contributed by atoms with Gasteiger partial charge in [0.2, 0.25) is 0 Å². The largest absolute Gasteiger partial charge is 0.351 e. The van der Waals surface area contributed by atoms with E-state index in [-0.39, 0.29) is 11.3 Å². The van der Waals surface area contributed by atoms with Crippen molar-refractivity contribution in [2.24, 2.45) is 0 Å². The highest BCUT2D eigenvalue weighted by Gasteiger charge is 2.36. The fourth-order valence-corrected chi connectivity index (χ4v) is 4.30.